The molecule has 1 saturated heterocycles. The Kier molecular flexibility index (Phi) is 6.85. The molecule has 3 atom stereocenters. The molecule has 1 heterocycles. The average molecular weight is 380 g/mol. The van der Waals surface area contributed by atoms with Crippen molar-refractivity contribution in [3.8, 4) is 0 Å². The van der Waals surface area contributed by atoms with Crippen LogP contribution in [0.5, 0.6) is 0 Å². The number of nitrogens with one attached hydrogen (secondary N) is 1. The summed E-state index contributed by atoms with van der Waals surface area (Å²) in [5.74, 6) is 0.186. The predicted octanol–water partition coefficient (Wildman–Crippen LogP) is 3.52. The van der Waals surface area contributed by atoms with E-state index in [1.54, 1.807) is 12.1 Å². The summed E-state index contributed by atoms with van der Waals surface area (Å²) >= 11 is 6.11. The van der Waals surface area contributed by atoms with Crippen LogP contribution in [-0.4, -0.2) is 36.0 Å². The highest BCUT2D eigenvalue weighted by atomic mass is 35.5. The van der Waals surface area contributed by atoms with Crippen LogP contribution in [-0.2, 0) is 4.79 Å². The number of rotatable bonds is 4. The molecule has 0 aliphatic carbocycles. The lowest BCUT2D eigenvalue weighted by Crippen LogP contribution is -2.41. The first kappa shape index (κ1) is 19.7. The van der Waals surface area contributed by atoms with Crippen LogP contribution in [0.15, 0.2) is 54.6 Å². The third-order valence-corrected chi connectivity index (χ3v) is 5.01. The van der Waals surface area contributed by atoms with Crippen LogP contribution in [0, 0.1) is 0 Å². The number of halogens is 2. The van der Waals surface area contributed by atoms with E-state index in [9.17, 15) is 4.79 Å². The number of amides is 1. The summed E-state index contributed by atoms with van der Waals surface area (Å²) < 4.78 is 0. The van der Waals surface area contributed by atoms with Crippen LogP contribution >= 0.6 is 24.0 Å². The highest BCUT2D eigenvalue weighted by Crippen LogP contribution is 2.28. The third kappa shape index (κ3) is 4.53. The first-order valence-electron chi connectivity index (χ1n) is 8.16. The molecule has 134 valence electrons. The van der Waals surface area contributed by atoms with E-state index in [1.807, 2.05) is 37.3 Å². The van der Waals surface area contributed by atoms with Gasteiger partial charge in [-0.1, -0.05) is 54.1 Å². The summed E-state index contributed by atoms with van der Waals surface area (Å²) in [6.07, 6.45) is 0. The quantitative estimate of drug-likeness (QED) is 0.854. The number of nitrogens with two attached hydrogens (primary N) is 1. The minimum Gasteiger partial charge on any atom is -0.326 e. The molecule has 4 nitrogen and oxygen atoms in total. The predicted molar refractivity (Wildman–Crippen MR) is 106 cm³/mol. The van der Waals surface area contributed by atoms with Gasteiger partial charge in [-0.25, -0.2) is 0 Å². The number of anilines is 1. The van der Waals surface area contributed by atoms with E-state index in [1.165, 1.54) is 5.56 Å². The fourth-order valence-corrected chi connectivity index (χ4v) is 3.38. The highest BCUT2D eigenvalue weighted by Gasteiger charge is 2.35. The number of likely N-dealkylation sites (tertiary alicyclic amines) is 1. The van der Waals surface area contributed by atoms with E-state index in [0.717, 1.165) is 6.54 Å². The van der Waals surface area contributed by atoms with Gasteiger partial charge in [0.15, 0.2) is 0 Å². The molecule has 1 aliphatic heterocycles. The van der Waals surface area contributed by atoms with Crippen LogP contribution in [0.25, 0.3) is 0 Å². The molecule has 1 aliphatic rings. The van der Waals surface area contributed by atoms with Gasteiger partial charge in [0.05, 0.1) is 16.8 Å². The Morgan fingerprint density at radius 3 is 2.48 bits per heavy atom. The number of para-hydroxylation sites is 1. The van der Waals surface area contributed by atoms with Crippen LogP contribution in [0.4, 0.5) is 5.69 Å². The number of benzene rings is 2. The summed E-state index contributed by atoms with van der Waals surface area (Å²) in [5, 5.41) is 3.44. The van der Waals surface area contributed by atoms with Gasteiger partial charge in [-0.3, -0.25) is 9.69 Å². The normalized spacial score (nSPS) is 21.4. The number of carbonyl (C=O) groups excluding carboxylic acids is 1. The Balaban J connectivity index is 0.00000225. The van der Waals surface area contributed by atoms with E-state index < -0.39 is 0 Å². The molecule has 6 heteroatoms. The number of hydrogen-bond donors (Lipinski definition) is 2. The molecule has 2 aromatic rings. The van der Waals surface area contributed by atoms with Crippen molar-refractivity contribution in [3.63, 3.8) is 0 Å². The van der Waals surface area contributed by atoms with Gasteiger partial charge >= 0.3 is 0 Å². The molecule has 0 bridgehead atoms. The van der Waals surface area contributed by atoms with Crippen molar-refractivity contribution in [2.75, 3.05) is 18.4 Å². The Morgan fingerprint density at radius 1 is 1.16 bits per heavy atom. The Bertz CT molecular complexity index is 711. The van der Waals surface area contributed by atoms with E-state index in [-0.39, 0.29) is 36.3 Å². The van der Waals surface area contributed by atoms with E-state index in [4.69, 9.17) is 17.3 Å². The molecule has 0 spiro atoms. The zero-order valence-electron chi connectivity index (χ0n) is 14.1. The number of carbonyl (C=O) groups is 1. The summed E-state index contributed by atoms with van der Waals surface area (Å²) in [7, 11) is 0. The van der Waals surface area contributed by atoms with Gasteiger partial charge in [-0.2, -0.15) is 0 Å². The van der Waals surface area contributed by atoms with E-state index in [2.05, 4.69) is 22.3 Å². The largest absolute Gasteiger partial charge is 0.326 e. The Morgan fingerprint density at radius 2 is 1.80 bits per heavy atom. The molecule has 3 rings (SSSR count). The van der Waals surface area contributed by atoms with Crippen LogP contribution < -0.4 is 11.1 Å². The van der Waals surface area contributed by atoms with Gasteiger partial charge in [0.1, 0.15) is 0 Å². The van der Waals surface area contributed by atoms with Crippen molar-refractivity contribution < 1.29 is 4.79 Å². The fraction of sp³-hybridized carbons (Fsp3) is 0.316. The maximum atomic E-state index is 12.5. The Hall–Kier alpha value is -1.59. The maximum Gasteiger partial charge on any atom is 0.241 e. The van der Waals surface area contributed by atoms with Crippen molar-refractivity contribution in [2.24, 2.45) is 5.73 Å². The molecule has 1 amide bonds. The SMILES string of the molecule is CC(C(=O)Nc1ccccc1Cl)N1C[C@@H](N)[C@H](c2ccccc2)C1.Cl. The van der Waals surface area contributed by atoms with E-state index >= 15 is 0 Å². The zero-order valence-corrected chi connectivity index (χ0v) is 15.6. The highest BCUT2D eigenvalue weighted by molar-refractivity contribution is 6.33. The van der Waals surface area contributed by atoms with Gasteiger partial charge in [0, 0.05) is 25.0 Å². The number of hydrogen-bond acceptors (Lipinski definition) is 3. The molecule has 1 fully saturated rings. The van der Waals surface area contributed by atoms with Gasteiger partial charge in [0.2, 0.25) is 5.91 Å². The standard InChI is InChI=1S/C19H22ClN3O.ClH/c1-13(19(24)22-18-10-6-5-9-16(18)20)23-11-15(17(21)12-23)14-7-3-2-4-8-14;/h2-10,13,15,17H,11-12,21H2,1H3,(H,22,24);1H/t13?,15-,17+;/m0./s1. The monoisotopic (exact) mass is 379 g/mol. The topological polar surface area (TPSA) is 58.4 Å². The molecule has 1 unspecified atom stereocenters. The molecule has 2 aromatic carbocycles. The maximum absolute atomic E-state index is 12.5. The summed E-state index contributed by atoms with van der Waals surface area (Å²) in [6, 6.07) is 17.3. The van der Waals surface area contributed by atoms with E-state index in [0.29, 0.717) is 17.3 Å². The number of nitrogens with zero attached hydrogens (tertiary/aromatic N) is 1. The molecule has 3 N–H and O–H groups in total. The van der Waals surface area contributed by atoms with Crippen LogP contribution in [0.1, 0.15) is 18.4 Å². The van der Waals surface area contributed by atoms with Crippen LogP contribution in [0.2, 0.25) is 5.02 Å². The zero-order chi connectivity index (χ0) is 17.1. The van der Waals surface area contributed by atoms with Crippen molar-refractivity contribution in [1.82, 2.24) is 4.90 Å². The fourth-order valence-electron chi connectivity index (χ4n) is 3.20. The third-order valence-electron chi connectivity index (χ3n) is 4.68. The van der Waals surface area contributed by atoms with Crippen molar-refractivity contribution >= 4 is 35.6 Å². The van der Waals surface area contributed by atoms with Gasteiger partial charge < -0.3 is 11.1 Å². The Labute approximate surface area is 159 Å². The lowest BCUT2D eigenvalue weighted by molar-refractivity contribution is -0.120. The van der Waals surface area contributed by atoms with Gasteiger partial charge in [-0.15, -0.1) is 12.4 Å². The lowest BCUT2D eigenvalue weighted by atomic mass is 9.95. The van der Waals surface area contributed by atoms with Crippen molar-refractivity contribution in [1.29, 1.82) is 0 Å². The molecule has 25 heavy (non-hydrogen) atoms. The minimum atomic E-state index is -0.263. The second kappa shape index (κ2) is 8.68. The van der Waals surface area contributed by atoms with Crippen molar-refractivity contribution in [2.45, 2.75) is 24.9 Å². The molecule has 0 radical (unpaired) electrons. The molecule has 0 saturated carbocycles. The van der Waals surface area contributed by atoms with Crippen molar-refractivity contribution in [3.05, 3.63) is 65.2 Å². The first-order chi connectivity index (χ1) is 11.6. The van der Waals surface area contributed by atoms with Gasteiger partial charge in [0.25, 0.3) is 0 Å². The van der Waals surface area contributed by atoms with Gasteiger partial charge in [-0.05, 0) is 24.6 Å². The summed E-state index contributed by atoms with van der Waals surface area (Å²) in [4.78, 5) is 14.7. The molecular weight excluding hydrogens is 357 g/mol. The summed E-state index contributed by atoms with van der Waals surface area (Å²) in [5.41, 5.74) is 8.19. The second-order valence-electron chi connectivity index (χ2n) is 6.28. The smallest absolute Gasteiger partial charge is 0.241 e. The average Bonchev–Trinajstić information content (AvgIpc) is 2.98. The second-order valence-corrected chi connectivity index (χ2v) is 6.69. The summed E-state index contributed by atoms with van der Waals surface area (Å²) in [6.45, 7) is 3.39. The minimum absolute atomic E-state index is 0. The molecular formula is C19H23Cl2N3O. The van der Waals surface area contributed by atoms with Crippen LogP contribution in [0.3, 0.4) is 0 Å². The first-order valence-corrected chi connectivity index (χ1v) is 8.54. The molecule has 0 aromatic heterocycles. The lowest BCUT2D eigenvalue weighted by Gasteiger charge is -2.23.